The van der Waals surface area contributed by atoms with Gasteiger partial charge in [0.25, 0.3) is 11.8 Å². The summed E-state index contributed by atoms with van der Waals surface area (Å²) >= 11 is 0. The van der Waals surface area contributed by atoms with E-state index in [1.165, 1.54) is 16.8 Å². The Bertz CT molecular complexity index is 1050. The van der Waals surface area contributed by atoms with E-state index in [4.69, 9.17) is 5.73 Å². The molecule has 1 aliphatic rings. The van der Waals surface area contributed by atoms with Crippen LogP contribution >= 0.6 is 0 Å². The normalized spacial score (nSPS) is 14.8. The lowest BCUT2D eigenvalue weighted by molar-refractivity contribution is 0.0761. The molecule has 1 aromatic heterocycles. The summed E-state index contributed by atoms with van der Waals surface area (Å²) in [6.45, 7) is 2.65. The molecule has 0 aliphatic carbocycles. The molecule has 0 atom stereocenters. The highest BCUT2D eigenvalue weighted by molar-refractivity contribution is 6.04. The molecular formula is C20H20FN5O2. The first-order chi connectivity index (χ1) is 13.5. The molecule has 2 heterocycles. The van der Waals surface area contributed by atoms with Crippen molar-refractivity contribution in [3.05, 3.63) is 59.5 Å². The van der Waals surface area contributed by atoms with Crippen molar-refractivity contribution in [2.45, 2.75) is 6.42 Å². The Morgan fingerprint density at radius 3 is 2.79 bits per heavy atom. The number of hydrogen-bond acceptors (Lipinski definition) is 4. The molecule has 0 spiro atoms. The highest BCUT2D eigenvalue weighted by atomic mass is 19.1. The van der Waals surface area contributed by atoms with Crippen molar-refractivity contribution >= 4 is 22.7 Å². The van der Waals surface area contributed by atoms with E-state index in [2.05, 4.69) is 10.4 Å². The van der Waals surface area contributed by atoms with Gasteiger partial charge in [-0.2, -0.15) is 5.10 Å². The Labute approximate surface area is 160 Å². The van der Waals surface area contributed by atoms with E-state index in [9.17, 15) is 14.0 Å². The number of benzene rings is 2. The molecule has 8 heteroatoms. The maximum Gasteiger partial charge on any atom is 0.256 e. The minimum absolute atomic E-state index is 0.00841. The summed E-state index contributed by atoms with van der Waals surface area (Å²) in [5, 5.41) is 8.37. The summed E-state index contributed by atoms with van der Waals surface area (Å²) in [4.78, 5) is 26.1. The first kappa shape index (κ1) is 18.1. The summed E-state index contributed by atoms with van der Waals surface area (Å²) in [7, 11) is 0. The number of primary amides is 1. The fourth-order valence-corrected chi connectivity index (χ4v) is 3.42. The van der Waals surface area contributed by atoms with Gasteiger partial charge in [0.2, 0.25) is 0 Å². The van der Waals surface area contributed by atoms with Crippen LogP contribution in [0.3, 0.4) is 0 Å². The second-order valence-electron chi connectivity index (χ2n) is 6.74. The number of nitrogens with zero attached hydrogens (tertiary/aromatic N) is 3. The molecular weight excluding hydrogens is 361 g/mol. The summed E-state index contributed by atoms with van der Waals surface area (Å²) in [5.41, 5.74) is 6.73. The highest BCUT2D eigenvalue weighted by Crippen LogP contribution is 2.21. The number of rotatable bonds is 3. The third-order valence-electron chi connectivity index (χ3n) is 4.87. The summed E-state index contributed by atoms with van der Waals surface area (Å²) < 4.78 is 15.9. The Morgan fingerprint density at radius 1 is 1.11 bits per heavy atom. The van der Waals surface area contributed by atoms with Crippen LogP contribution in [0.1, 0.15) is 27.1 Å². The largest absolute Gasteiger partial charge is 0.366 e. The van der Waals surface area contributed by atoms with Crippen molar-refractivity contribution in [3.8, 4) is 5.69 Å². The van der Waals surface area contributed by atoms with Crippen molar-refractivity contribution in [1.82, 2.24) is 20.0 Å². The van der Waals surface area contributed by atoms with Crippen LogP contribution in [-0.4, -0.2) is 52.7 Å². The van der Waals surface area contributed by atoms with Crippen molar-refractivity contribution in [2.24, 2.45) is 5.73 Å². The first-order valence-electron chi connectivity index (χ1n) is 9.13. The van der Waals surface area contributed by atoms with E-state index < -0.39 is 11.7 Å². The van der Waals surface area contributed by atoms with Gasteiger partial charge >= 0.3 is 0 Å². The third-order valence-corrected chi connectivity index (χ3v) is 4.87. The predicted octanol–water partition coefficient (Wildman–Crippen LogP) is 1.70. The van der Waals surface area contributed by atoms with Crippen molar-refractivity contribution in [2.75, 3.05) is 26.2 Å². The van der Waals surface area contributed by atoms with Gasteiger partial charge in [-0.3, -0.25) is 9.59 Å². The average Bonchev–Trinajstić information content (AvgIpc) is 2.94. The molecule has 0 saturated carbocycles. The van der Waals surface area contributed by atoms with Crippen LogP contribution < -0.4 is 11.1 Å². The molecule has 3 aromatic rings. The number of carbonyl (C=O) groups excluding carboxylic acids is 2. The van der Waals surface area contributed by atoms with Gasteiger partial charge in [-0.1, -0.05) is 12.1 Å². The van der Waals surface area contributed by atoms with Gasteiger partial charge in [-0.25, -0.2) is 9.07 Å². The lowest BCUT2D eigenvalue weighted by Crippen LogP contribution is -2.34. The molecule has 3 N–H and O–H groups in total. The molecule has 2 aromatic carbocycles. The minimum atomic E-state index is -0.569. The van der Waals surface area contributed by atoms with Gasteiger partial charge in [0.1, 0.15) is 11.3 Å². The minimum Gasteiger partial charge on any atom is -0.366 e. The first-order valence-corrected chi connectivity index (χ1v) is 9.13. The Kier molecular flexibility index (Phi) is 4.79. The van der Waals surface area contributed by atoms with E-state index in [0.29, 0.717) is 36.4 Å². The van der Waals surface area contributed by atoms with Crippen LogP contribution in [0.5, 0.6) is 0 Å². The second kappa shape index (κ2) is 7.40. The standard InChI is InChI=1S/C20H20FN5O2/c21-17-6-5-14(11-16(17)20(28)25-9-2-7-23-8-10-25)26-12-13-3-1-4-15(19(22)27)18(13)24-26/h1,3-6,11-12,23H,2,7-10H2,(H2,22,27). The molecule has 1 saturated heterocycles. The van der Waals surface area contributed by atoms with Crippen LogP contribution in [0, 0.1) is 5.82 Å². The molecule has 1 fully saturated rings. The lowest BCUT2D eigenvalue weighted by Gasteiger charge is -2.20. The second-order valence-corrected chi connectivity index (χ2v) is 6.74. The quantitative estimate of drug-likeness (QED) is 0.722. The van der Waals surface area contributed by atoms with Crippen LogP contribution in [0.4, 0.5) is 4.39 Å². The average molecular weight is 381 g/mol. The molecule has 144 valence electrons. The Balaban J connectivity index is 1.72. The van der Waals surface area contributed by atoms with E-state index in [0.717, 1.165) is 18.4 Å². The zero-order valence-electron chi connectivity index (χ0n) is 15.2. The van der Waals surface area contributed by atoms with Gasteiger partial charge < -0.3 is 16.0 Å². The van der Waals surface area contributed by atoms with Crippen molar-refractivity contribution in [1.29, 1.82) is 0 Å². The summed E-state index contributed by atoms with van der Waals surface area (Å²) in [6, 6.07) is 9.44. The molecule has 0 bridgehead atoms. The van der Waals surface area contributed by atoms with Crippen LogP contribution in [0.25, 0.3) is 16.6 Å². The van der Waals surface area contributed by atoms with E-state index in [1.54, 1.807) is 29.3 Å². The van der Waals surface area contributed by atoms with Gasteiger partial charge in [0.05, 0.1) is 16.8 Å². The van der Waals surface area contributed by atoms with Crippen molar-refractivity contribution in [3.63, 3.8) is 0 Å². The Hall–Kier alpha value is -3.26. The number of aromatic nitrogens is 2. The number of nitrogens with two attached hydrogens (primary N) is 1. The summed E-state index contributed by atoms with van der Waals surface area (Å²) in [5.74, 6) is -1.47. The van der Waals surface area contributed by atoms with E-state index in [-0.39, 0.29) is 11.5 Å². The smallest absolute Gasteiger partial charge is 0.256 e. The van der Waals surface area contributed by atoms with Crippen LogP contribution in [0.15, 0.2) is 42.6 Å². The molecule has 7 nitrogen and oxygen atoms in total. The molecule has 2 amide bonds. The zero-order valence-corrected chi connectivity index (χ0v) is 15.2. The fraction of sp³-hybridized carbons (Fsp3) is 0.250. The Morgan fingerprint density at radius 2 is 1.96 bits per heavy atom. The number of carbonyl (C=O) groups is 2. The number of hydrogen-bond donors (Lipinski definition) is 2. The number of amides is 2. The topological polar surface area (TPSA) is 93.2 Å². The molecule has 1 aliphatic heterocycles. The fourth-order valence-electron chi connectivity index (χ4n) is 3.42. The lowest BCUT2D eigenvalue weighted by atomic mass is 10.1. The zero-order chi connectivity index (χ0) is 19.7. The highest BCUT2D eigenvalue weighted by Gasteiger charge is 2.21. The third kappa shape index (κ3) is 3.34. The predicted molar refractivity (Wildman–Crippen MR) is 103 cm³/mol. The van der Waals surface area contributed by atoms with Gasteiger partial charge in [0, 0.05) is 31.2 Å². The SMILES string of the molecule is NC(=O)c1cccc2cn(-c3ccc(F)c(C(=O)N4CCCNCC4)c3)nc12. The number of fused-ring (bicyclic) bond motifs is 1. The van der Waals surface area contributed by atoms with Crippen LogP contribution in [-0.2, 0) is 0 Å². The van der Waals surface area contributed by atoms with Crippen LogP contribution in [0.2, 0.25) is 0 Å². The molecule has 4 rings (SSSR count). The van der Waals surface area contributed by atoms with Crippen molar-refractivity contribution < 1.29 is 14.0 Å². The summed E-state index contributed by atoms with van der Waals surface area (Å²) in [6.07, 6.45) is 2.55. The number of halogens is 1. The molecule has 0 radical (unpaired) electrons. The van der Waals surface area contributed by atoms with E-state index in [1.807, 2.05) is 6.07 Å². The monoisotopic (exact) mass is 381 g/mol. The molecule has 0 unspecified atom stereocenters. The van der Waals surface area contributed by atoms with Gasteiger partial charge in [-0.05, 0) is 37.2 Å². The van der Waals surface area contributed by atoms with Gasteiger partial charge in [0.15, 0.2) is 0 Å². The maximum absolute atomic E-state index is 14.4. The molecule has 28 heavy (non-hydrogen) atoms. The maximum atomic E-state index is 14.4. The number of nitrogens with one attached hydrogen (secondary N) is 1. The van der Waals surface area contributed by atoms with E-state index >= 15 is 0 Å². The van der Waals surface area contributed by atoms with Gasteiger partial charge in [-0.15, -0.1) is 0 Å².